The Bertz CT molecular complexity index is 369. The van der Waals surface area contributed by atoms with Crippen molar-refractivity contribution in [3.05, 3.63) is 33.8 Å². The molecule has 0 bridgehead atoms. The standard InChI is InChI=1S/C14H21Cl2NO/c1-10(2)4-3-7-17-9-14(18)12-8-11(15)5-6-13(12)16/h5-6,8,10,14,17-18H,3-4,7,9H2,1-2H3. The normalized spacial score (nSPS) is 13.0. The van der Waals surface area contributed by atoms with Gasteiger partial charge in [0.05, 0.1) is 6.10 Å². The summed E-state index contributed by atoms with van der Waals surface area (Å²) in [5.74, 6) is 0.721. The summed E-state index contributed by atoms with van der Waals surface area (Å²) in [6, 6.07) is 5.14. The lowest BCUT2D eigenvalue weighted by molar-refractivity contribution is 0.174. The average Bonchev–Trinajstić information content (AvgIpc) is 2.31. The Kier molecular flexibility index (Phi) is 7.02. The van der Waals surface area contributed by atoms with Crippen molar-refractivity contribution in [2.75, 3.05) is 13.1 Å². The summed E-state index contributed by atoms with van der Waals surface area (Å²) in [6.07, 6.45) is 1.70. The van der Waals surface area contributed by atoms with Gasteiger partial charge in [-0.25, -0.2) is 0 Å². The first-order valence-corrected chi connectivity index (χ1v) is 7.10. The zero-order valence-electron chi connectivity index (χ0n) is 10.9. The molecule has 1 aromatic rings. The quantitative estimate of drug-likeness (QED) is 0.742. The summed E-state index contributed by atoms with van der Waals surface area (Å²) >= 11 is 11.9. The predicted octanol–water partition coefficient (Wildman–Crippen LogP) is 4.05. The number of aliphatic hydroxyl groups excluding tert-OH is 1. The van der Waals surface area contributed by atoms with Crippen LogP contribution in [0.5, 0.6) is 0 Å². The highest BCUT2D eigenvalue weighted by atomic mass is 35.5. The minimum absolute atomic E-state index is 0.498. The van der Waals surface area contributed by atoms with Gasteiger partial charge in [-0.3, -0.25) is 0 Å². The summed E-state index contributed by atoms with van der Waals surface area (Å²) in [4.78, 5) is 0. The molecule has 4 heteroatoms. The van der Waals surface area contributed by atoms with Crippen LogP contribution in [0.15, 0.2) is 18.2 Å². The van der Waals surface area contributed by atoms with E-state index in [1.807, 2.05) is 0 Å². The highest BCUT2D eigenvalue weighted by Gasteiger charge is 2.11. The molecule has 0 aliphatic rings. The highest BCUT2D eigenvalue weighted by Crippen LogP contribution is 2.25. The molecule has 1 rings (SSSR count). The molecule has 0 amide bonds. The monoisotopic (exact) mass is 289 g/mol. The number of benzene rings is 1. The lowest BCUT2D eigenvalue weighted by Gasteiger charge is -2.14. The molecule has 0 saturated heterocycles. The van der Waals surface area contributed by atoms with Crippen molar-refractivity contribution in [2.45, 2.75) is 32.8 Å². The van der Waals surface area contributed by atoms with E-state index in [-0.39, 0.29) is 0 Å². The molecule has 0 heterocycles. The van der Waals surface area contributed by atoms with Crippen LogP contribution in [0, 0.1) is 5.92 Å². The summed E-state index contributed by atoms with van der Waals surface area (Å²) in [6.45, 7) is 5.83. The van der Waals surface area contributed by atoms with Gasteiger partial charge in [-0.05, 0) is 43.5 Å². The largest absolute Gasteiger partial charge is 0.387 e. The van der Waals surface area contributed by atoms with Gasteiger partial charge in [-0.1, -0.05) is 37.0 Å². The van der Waals surface area contributed by atoms with Gasteiger partial charge >= 0.3 is 0 Å². The Balaban J connectivity index is 2.36. The van der Waals surface area contributed by atoms with Gasteiger partial charge in [0.25, 0.3) is 0 Å². The maximum absolute atomic E-state index is 10.0. The van der Waals surface area contributed by atoms with Gasteiger partial charge in [0.1, 0.15) is 0 Å². The van der Waals surface area contributed by atoms with E-state index in [9.17, 15) is 5.11 Å². The molecule has 0 radical (unpaired) electrons. The van der Waals surface area contributed by atoms with Crippen molar-refractivity contribution < 1.29 is 5.11 Å². The predicted molar refractivity (Wildman–Crippen MR) is 78.4 cm³/mol. The molecule has 0 aliphatic heterocycles. The van der Waals surface area contributed by atoms with E-state index in [0.717, 1.165) is 18.9 Å². The topological polar surface area (TPSA) is 32.3 Å². The zero-order chi connectivity index (χ0) is 13.5. The van der Waals surface area contributed by atoms with Crippen molar-refractivity contribution in [2.24, 2.45) is 5.92 Å². The molecular formula is C14H21Cl2NO. The van der Waals surface area contributed by atoms with E-state index in [1.54, 1.807) is 18.2 Å². The number of hydrogen-bond donors (Lipinski definition) is 2. The molecule has 0 aromatic heterocycles. The Labute approximate surface area is 119 Å². The Morgan fingerprint density at radius 1 is 1.28 bits per heavy atom. The van der Waals surface area contributed by atoms with Gasteiger partial charge in [0.15, 0.2) is 0 Å². The van der Waals surface area contributed by atoms with Crippen molar-refractivity contribution >= 4 is 23.2 Å². The minimum Gasteiger partial charge on any atom is -0.387 e. The van der Waals surface area contributed by atoms with Crippen LogP contribution >= 0.6 is 23.2 Å². The van der Waals surface area contributed by atoms with Crippen LogP contribution < -0.4 is 5.32 Å². The highest BCUT2D eigenvalue weighted by molar-refractivity contribution is 6.33. The zero-order valence-corrected chi connectivity index (χ0v) is 12.4. The van der Waals surface area contributed by atoms with Crippen LogP contribution in [0.4, 0.5) is 0 Å². The van der Waals surface area contributed by atoms with E-state index in [0.29, 0.717) is 22.2 Å². The van der Waals surface area contributed by atoms with Crippen LogP contribution in [0.2, 0.25) is 10.0 Å². The fraction of sp³-hybridized carbons (Fsp3) is 0.571. The molecule has 1 aromatic carbocycles. The third kappa shape index (κ3) is 5.57. The Morgan fingerprint density at radius 3 is 2.67 bits per heavy atom. The van der Waals surface area contributed by atoms with Crippen molar-refractivity contribution in [3.63, 3.8) is 0 Å². The second-order valence-electron chi connectivity index (χ2n) is 4.92. The van der Waals surface area contributed by atoms with Crippen LogP contribution in [-0.4, -0.2) is 18.2 Å². The summed E-state index contributed by atoms with van der Waals surface area (Å²) < 4.78 is 0. The van der Waals surface area contributed by atoms with Crippen molar-refractivity contribution in [1.29, 1.82) is 0 Å². The summed E-state index contributed by atoms with van der Waals surface area (Å²) in [5.41, 5.74) is 0.681. The smallest absolute Gasteiger partial charge is 0.0929 e. The summed E-state index contributed by atoms with van der Waals surface area (Å²) in [7, 11) is 0. The third-order valence-corrected chi connectivity index (χ3v) is 3.37. The Hall–Kier alpha value is -0.280. The van der Waals surface area contributed by atoms with E-state index < -0.39 is 6.10 Å². The maximum atomic E-state index is 10.0. The molecule has 1 unspecified atom stereocenters. The molecule has 1 atom stereocenters. The molecule has 2 N–H and O–H groups in total. The Morgan fingerprint density at radius 2 is 2.00 bits per heavy atom. The van der Waals surface area contributed by atoms with Gasteiger partial charge < -0.3 is 10.4 Å². The SMILES string of the molecule is CC(C)CCCNCC(O)c1cc(Cl)ccc1Cl. The second kappa shape index (κ2) is 8.00. The number of aliphatic hydroxyl groups is 1. The van der Waals surface area contributed by atoms with E-state index in [2.05, 4.69) is 19.2 Å². The number of hydrogen-bond acceptors (Lipinski definition) is 2. The van der Waals surface area contributed by atoms with Gasteiger partial charge in [0, 0.05) is 22.2 Å². The van der Waals surface area contributed by atoms with Crippen LogP contribution in [-0.2, 0) is 0 Å². The van der Waals surface area contributed by atoms with Crippen LogP contribution in [0.3, 0.4) is 0 Å². The van der Waals surface area contributed by atoms with E-state index >= 15 is 0 Å². The molecule has 0 aliphatic carbocycles. The summed E-state index contributed by atoms with van der Waals surface area (Å²) in [5, 5.41) is 14.4. The molecule has 0 fully saturated rings. The number of nitrogens with one attached hydrogen (secondary N) is 1. The lowest BCUT2D eigenvalue weighted by Crippen LogP contribution is -2.23. The first-order valence-electron chi connectivity index (χ1n) is 6.34. The van der Waals surface area contributed by atoms with Gasteiger partial charge in [0.2, 0.25) is 0 Å². The average molecular weight is 290 g/mol. The first-order chi connectivity index (χ1) is 8.50. The molecule has 0 spiro atoms. The van der Waals surface area contributed by atoms with Gasteiger partial charge in [-0.2, -0.15) is 0 Å². The molecule has 102 valence electrons. The molecule has 18 heavy (non-hydrogen) atoms. The molecule has 0 saturated carbocycles. The fourth-order valence-electron chi connectivity index (χ4n) is 1.75. The number of halogens is 2. The first kappa shape index (κ1) is 15.8. The molecule has 2 nitrogen and oxygen atoms in total. The third-order valence-electron chi connectivity index (χ3n) is 2.79. The van der Waals surface area contributed by atoms with Crippen molar-refractivity contribution in [1.82, 2.24) is 5.32 Å². The second-order valence-corrected chi connectivity index (χ2v) is 5.77. The number of rotatable bonds is 7. The van der Waals surface area contributed by atoms with Crippen LogP contribution in [0.25, 0.3) is 0 Å². The lowest BCUT2D eigenvalue weighted by atomic mass is 10.1. The van der Waals surface area contributed by atoms with Crippen molar-refractivity contribution in [3.8, 4) is 0 Å². The molecular weight excluding hydrogens is 269 g/mol. The minimum atomic E-state index is -0.616. The fourth-order valence-corrected chi connectivity index (χ4v) is 2.18. The maximum Gasteiger partial charge on any atom is 0.0929 e. The van der Waals surface area contributed by atoms with E-state index in [1.165, 1.54) is 6.42 Å². The van der Waals surface area contributed by atoms with E-state index in [4.69, 9.17) is 23.2 Å². The van der Waals surface area contributed by atoms with Gasteiger partial charge in [-0.15, -0.1) is 0 Å². The van der Waals surface area contributed by atoms with Crippen LogP contribution in [0.1, 0.15) is 38.4 Å².